The number of ether oxygens (including phenoxy) is 2. The second kappa shape index (κ2) is 15.4. The maximum Gasteiger partial charge on any atom is 0.191 e. The fourth-order valence-corrected chi connectivity index (χ4v) is 2.30. The van der Waals surface area contributed by atoms with Crippen molar-refractivity contribution in [2.24, 2.45) is 4.99 Å². The highest BCUT2D eigenvalue weighted by molar-refractivity contribution is 14.0. The van der Waals surface area contributed by atoms with Gasteiger partial charge < -0.3 is 20.1 Å². The van der Waals surface area contributed by atoms with Crippen LogP contribution in [-0.4, -0.2) is 76.6 Å². The monoisotopic (exact) mass is 442 g/mol. The number of hydrogen-bond donors (Lipinski definition) is 2. The number of rotatable bonds is 13. The molecular weight excluding hydrogens is 407 g/mol. The second-order valence-corrected chi connectivity index (χ2v) is 5.51. The Kier molecular flexibility index (Phi) is 15.3. The van der Waals surface area contributed by atoms with Crippen LogP contribution in [0.4, 0.5) is 0 Å². The number of hydrogen-bond acceptors (Lipinski definition) is 4. The van der Waals surface area contributed by atoms with E-state index in [9.17, 15) is 0 Å². The molecular formula is C16H35IN4O2. The van der Waals surface area contributed by atoms with Gasteiger partial charge in [0.05, 0.1) is 13.2 Å². The van der Waals surface area contributed by atoms with Gasteiger partial charge in [0.15, 0.2) is 5.96 Å². The van der Waals surface area contributed by atoms with E-state index in [-0.39, 0.29) is 24.0 Å². The standard InChI is InChI=1S/C16H34N4O2.HI/c1-4-17-16(18-9-6-12-22-14-13-21-3)19-10-11-20(5-2)15-7-8-15;/h15H,4-14H2,1-3H3,(H2,17,18,19);1H. The number of guanidine groups is 1. The van der Waals surface area contributed by atoms with Crippen molar-refractivity contribution in [3.63, 3.8) is 0 Å². The van der Waals surface area contributed by atoms with E-state index in [4.69, 9.17) is 9.47 Å². The van der Waals surface area contributed by atoms with Crippen LogP contribution in [0, 0.1) is 0 Å². The SMILES string of the molecule is CCNC(=NCCCOCCOC)NCCN(CC)C1CC1.I. The number of nitrogens with zero attached hydrogens (tertiary/aromatic N) is 2. The molecule has 0 amide bonds. The fourth-order valence-electron chi connectivity index (χ4n) is 2.30. The molecule has 1 saturated carbocycles. The number of likely N-dealkylation sites (N-methyl/N-ethyl adjacent to an activating group) is 1. The molecule has 0 atom stereocenters. The van der Waals surface area contributed by atoms with Crippen molar-refractivity contribution >= 4 is 29.9 Å². The highest BCUT2D eigenvalue weighted by atomic mass is 127. The third-order valence-electron chi connectivity index (χ3n) is 3.65. The smallest absolute Gasteiger partial charge is 0.191 e. The van der Waals surface area contributed by atoms with E-state index in [1.807, 2.05) is 0 Å². The first-order valence-electron chi connectivity index (χ1n) is 8.64. The van der Waals surface area contributed by atoms with Crippen molar-refractivity contribution in [3.8, 4) is 0 Å². The Bertz CT molecular complexity index is 302. The molecule has 0 aromatic rings. The minimum Gasteiger partial charge on any atom is -0.382 e. The molecule has 0 radical (unpaired) electrons. The van der Waals surface area contributed by atoms with E-state index >= 15 is 0 Å². The van der Waals surface area contributed by atoms with Crippen molar-refractivity contribution in [3.05, 3.63) is 0 Å². The number of nitrogens with one attached hydrogen (secondary N) is 2. The van der Waals surface area contributed by atoms with Gasteiger partial charge in [-0.2, -0.15) is 0 Å². The van der Waals surface area contributed by atoms with Crippen molar-refractivity contribution in [2.75, 3.05) is 59.7 Å². The molecule has 0 aromatic heterocycles. The van der Waals surface area contributed by atoms with Gasteiger partial charge in [-0.1, -0.05) is 6.92 Å². The van der Waals surface area contributed by atoms with Gasteiger partial charge in [0.25, 0.3) is 0 Å². The lowest BCUT2D eigenvalue weighted by molar-refractivity contribution is 0.0702. The van der Waals surface area contributed by atoms with Crippen LogP contribution in [0.15, 0.2) is 4.99 Å². The predicted molar refractivity (Wildman–Crippen MR) is 107 cm³/mol. The van der Waals surface area contributed by atoms with Gasteiger partial charge in [-0.05, 0) is 32.7 Å². The predicted octanol–water partition coefficient (Wildman–Crippen LogP) is 1.70. The largest absolute Gasteiger partial charge is 0.382 e. The third kappa shape index (κ3) is 12.0. The summed E-state index contributed by atoms with van der Waals surface area (Å²) in [6.07, 6.45) is 3.67. The van der Waals surface area contributed by atoms with Crippen molar-refractivity contribution in [1.29, 1.82) is 0 Å². The Morgan fingerprint density at radius 2 is 1.96 bits per heavy atom. The highest BCUT2D eigenvalue weighted by Crippen LogP contribution is 2.25. The molecule has 1 rings (SSSR count). The van der Waals surface area contributed by atoms with Crippen LogP contribution in [-0.2, 0) is 9.47 Å². The zero-order chi connectivity index (χ0) is 16.0. The maximum atomic E-state index is 5.43. The molecule has 1 fully saturated rings. The van der Waals surface area contributed by atoms with Gasteiger partial charge in [-0.3, -0.25) is 9.89 Å². The molecule has 1 aliphatic rings. The third-order valence-corrected chi connectivity index (χ3v) is 3.65. The molecule has 0 unspecified atom stereocenters. The molecule has 23 heavy (non-hydrogen) atoms. The number of aliphatic imine (C=N–C) groups is 1. The molecule has 0 saturated heterocycles. The summed E-state index contributed by atoms with van der Waals surface area (Å²) < 4.78 is 10.4. The first-order valence-corrected chi connectivity index (χ1v) is 8.64. The molecule has 0 aliphatic heterocycles. The maximum absolute atomic E-state index is 5.43. The Balaban J connectivity index is 0.00000484. The minimum absolute atomic E-state index is 0. The van der Waals surface area contributed by atoms with E-state index in [0.29, 0.717) is 13.2 Å². The summed E-state index contributed by atoms with van der Waals surface area (Å²) in [4.78, 5) is 7.12. The zero-order valence-corrected chi connectivity index (χ0v) is 17.3. The summed E-state index contributed by atoms with van der Waals surface area (Å²) in [5.74, 6) is 0.909. The van der Waals surface area contributed by atoms with Crippen LogP contribution in [0.2, 0.25) is 0 Å². The topological polar surface area (TPSA) is 58.1 Å². The number of halogens is 1. The minimum atomic E-state index is 0. The van der Waals surface area contributed by atoms with Gasteiger partial charge >= 0.3 is 0 Å². The van der Waals surface area contributed by atoms with Crippen LogP contribution in [0.3, 0.4) is 0 Å². The van der Waals surface area contributed by atoms with Crippen LogP contribution >= 0.6 is 24.0 Å². The summed E-state index contributed by atoms with van der Waals surface area (Å²) in [6.45, 7) is 11.2. The Hall–Kier alpha value is -0.120. The molecule has 0 bridgehead atoms. The van der Waals surface area contributed by atoms with Gasteiger partial charge in [-0.25, -0.2) is 0 Å². The lowest BCUT2D eigenvalue weighted by Gasteiger charge is -2.20. The molecule has 6 nitrogen and oxygen atoms in total. The van der Waals surface area contributed by atoms with Crippen molar-refractivity contribution in [2.45, 2.75) is 39.2 Å². The average molecular weight is 442 g/mol. The van der Waals surface area contributed by atoms with Crippen molar-refractivity contribution < 1.29 is 9.47 Å². The van der Waals surface area contributed by atoms with Gasteiger partial charge in [0, 0.05) is 45.9 Å². The summed E-state index contributed by atoms with van der Waals surface area (Å²) in [5.41, 5.74) is 0. The molecule has 0 spiro atoms. The van der Waals surface area contributed by atoms with E-state index in [0.717, 1.165) is 57.8 Å². The summed E-state index contributed by atoms with van der Waals surface area (Å²) in [6, 6.07) is 0.829. The molecule has 138 valence electrons. The van der Waals surface area contributed by atoms with Crippen molar-refractivity contribution in [1.82, 2.24) is 15.5 Å². The van der Waals surface area contributed by atoms with Crippen LogP contribution in [0.1, 0.15) is 33.1 Å². The quantitative estimate of drug-likeness (QED) is 0.197. The Morgan fingerprint density at radius 3 is 2.57 bits per heavy atom. The fraction of sp³-hybridized carbons (Fsp3) is 0.938. The highest BCUT2D eigenvalue weighted by Gasteiger charge is 2.27. The molecule has 0 aromatic carbocycles. The first kappa shape index (κ1) is 22.9. The molecule has 0 heterocycles. The molecule has 2 N–H and O–H groups in total. The first-order chi connectivity index (χ1) is 10.8. The van der Waals surface area contributed by atoms with Gasteiger partial charge in [0.1, 0.15) is 0 Å². The second-order valence-electron chi connectivity index (χ2n) is 5.51. The Morgan fingerprint density at radius 1 is 1.17 bits per heavy atom. The lowest BCUT2D eigenvalue weighted by atomic mass is 10.4. The zero-order valence-electron chi connectivity index (χ0n) is 15.0. The van der Waals surface area contributed by atoms with E-state index in [2.05, 4.69) is 34.4 Å². The number of methoxy groups -OCH3 is 1. The summed E-state index contributed by atoms with van der Waals surface area (Å²) in [5, 5.41) is 6.71. The molecule has 1 aliphatic carbocycles. The normalized spacial score (nSPS) is 14.7. The summed E-state index contributed by atoms with van der Waals surface area (Å²) in [7, 11) is 1.69. The van der Waals surface area contributed by atoms with E-state index < -0.39 is 0 Å². The van der Waals surface area contributed by atoms with Crippen LogP contribution in [0.25, 0.3) is 0 Å². The van der Waals surface area contributed by atoms with Gasteiger partial charge in [-0.15, -0.1) is 24.0 Å². The average Bonchev–Trinajstić information content (AvgIpc) is 3.35. The van der Waals surface area contributed by atoms with Crippen LogP contribution in [0.5, 0.6) is 0 Å². The van der Waals surface area contributed by atoms with Gasteiger partial charge in [0.2, 0.25) is 0 Å². The summed E-state index contributed by atoms with van der Waals surface area (Å²) >= 11 is 0. The Labute approximate surface area is 158 Å². The van der Waals surface area contributed by atoms with Crippen LogP contribution < -0.4 is 10.6 Å². The molecule has 7 heteroatoms. The lowest BCUT2D eigenvalue weighted by Crippen LogP contribution is -2.42. The van der Waals surface area contributed by atoms with E-state index in [1.165, 1.54) is 12.8 Å². The van der Waals surface area contributed by atoms with E-state index in [1.54, 1.807) is 7.11 Å².